The second-order valence-electron chi connectivity index (χ2n) is 3.41. The molecule has 0 radical (unpaired) electrons. The van der Waals surface area contributed by atoms with Crippen LogP contribution in [0.3, 0.4) is 0 Å². The first-order chi connectivity index (χ1) is 6.61. The van der Waals surface area contributed by atoms with Gasteiger partial charge in [0, 0.05) is 12.1 Å². The number of aromatic nitrogens is 1. The number of pyridine rings is 1. The normalized spacial score (nSPS) is 10.2. The van der Waals surface area contributed by atoms with Crippen molar-refractivity contribution in [3.05, 3.63) is 24.0 Å². The predicted octanol–water partition coefficient (Wildman–Crippen LogP) is 0.936. The molecule has 0 bridgehead atoms. The van der Waals surface area contributed by atoms with Crippen LogP contribution < -0.4 is 11.1 Å². The van der Waals surface area contributed by atoms with Gasteiger partial charge >= 0.3 is 0 Å². The summed E-state index contributed by atoms with van der Waals surface area (Å²) in [5.41, 5.74) is 6.99. The fourth-order valence-electron chi connectivity index (χ4n) is 0.973. The van der Waals surface area contributed by atoms with Gasteiger partial charge in [0.1, 0.15) is 0 Å². The Balaban J connectivity index is 2.54. The molecule has 0 saturated carbocycles. The van der Waals surface area contributed by atoms with Gasteiger partial charge in [0.05, 0.1) is 17.9 Å². The van der Waals surface area contributed by atoms with Crippen molar-refractivity contribution in [3.8, 4) is 0 Å². The number of nitrogens with two attached hydrogens (primary N) is 1. The van der Waals surface area contributed by atoms with Crippen LogP contribution in [0, 0.1) is 5.92 Å². The summed E-state index contributed by atoms with van der Waals surface area (Å²) in [5, 5.41) is 2.76. The predicted molar refractivity (Wildman–Crippen MR) is 55.3 cm³/mol. The standard InChI is InChI=1S/C10H15N3O/c1-7(2)10(14)13-6-9-8(11)4-3-5-12-9/h3-5,7H,6,11H2,1-2H3,(H,13,14). The average Bonchev–Trinajstić information content (AvgIpc) is 2.16. The number of carbonyl (C=O) groups is 1. The Bertz CT molecular complexity index is 323. The molecule has 76 valence electrons. The van der Waals surface area contributed by atoms with Crippen molar-refractivity contribution in [1.82, 2.24) is 10.3 Å². The van der Waals surface area contributed by atoms with Crippen LogP contribution in [-0.2, 0) is 11.3 Å². The van der Waals surface area contributed by atoms with Gasteiger partial charge in [-0.2, -0.15) is 0 Å². The van der Waals surface area contributed by atoms with E-state index in [0.29, 0.717) is 17.9 Å². The van der Waals surface area contributed by atoms with Crippen molar-refractivity contribution in [3.63, 3.8) is 0 Å². The van der Waals surface area contributed by atoms with Crippen LogP contribution in [0.4, 0.5) is 5.69 Å². The minimum Gasteiger partial charge on any atom is -0.397 e. The van der Waals surface area contributed by atoms with Crippen molar-refractivity contribution >= 4 is 11.6 Å². The molecule has 0 saturated heterocycles. The van der Waals surface area contributed by atoms with E-state index in [1.807, 2.05) is 13.8 Å². The summed E-state index contributed by atoms with van der Waals surface area (Å²) in [6, 6.07) is 3.53. The average molecular weight is 193 g/mol. The van der Waals surface area contributed by atoms with E-state index in [9.17, 15) is 4.79 Å². The molecule has 0 aromatic carbocycles. The van der Waals surface area contributed by atoms with E-state index in [-0.39, 0.29) is 11.8 Å². The first-order valence-corrected chi connectivity index (χ1v) is 4.58. The van der Waals surface area contributed by atoms with Crippen molar-refractivity contribution in [2.75, 3.05) is 5.73 Å². The number of hydrogen-bond donors (Lipinski definition) is 2. The van der Waals surface area contributed by atoms with E-state index in [4.69, 9.17) is 5.73 Å². The summed E-state index contributed by atoms with van der Waals surface area (Å²) >= 11 is 0. The molecule has 0 unspecified atom stereocenters. The number of nitrogens with one attached hydrogen (secondary N) is 1. The zero-order valence-electron chi connectivity index (χ0n) is 8.45. The minimum atomic E-state index is -0.0139. The Labute approximate surface area is 83.5 Å². The maximum atomic E-state index is 11.2. The van der Waals surface area contributed by atoms with Gasteiger partial charge in [-0.05, 0) is 12.1 Å². The van der Waals surface area contributed by atoms with Crippen LogP contribution in [0.1, 0.15) is 19.5 Å². The highest BCUT2D eigenvalue weighted by Gasteiger charge is 2.07. The Morgan fingerprint density at radius 2 is 2.36 bits per heavy atom. The number of amides is 1. The highest BCUT2D eigenvalue weighted by Crippen LogP contribution is 2.06. The number of anilines is 1. The number of carbonyl (C=O) groups excluding carboxylic acids is 1. The molecule has 0 spiro atoms. The molecule has 1 amide bonds. The molecular weight excluding hydrogens is 178 g/mol. The van der Waals surface area contributed by atoms with Crippen molar-refractivity contribution in [2.45, 2.75) is 20.4 Å². The lowest BCUT2D eigenvalue weighted by Gasteiger charge is -2.08. The molecule has 4 heteroatoms. The zero-order valence-corrected chi connectivity index (χ0v) is 8.45. The summed E-state index contributed by atoms with van der Waals surface area (Å²) in [7, 11) is 0. The molecule has 0 aliphatic rings. The summed E-state index contributed by atoms with van der Waals surface area (Å²) in [6.07, 6.45) is 1.66. The number of hydrogen-bond acceptors (Lipinski definition) is 3. The third-order valence-electron chi connectivity index (χ3n) is 1.88. The smallest absolute Gasteiger partial charge is 0.222 e. The highest BCUT2D eigenvalue weighted by molar-refractivity contribution is 5.77. The van der Waals surface area contributed by atoms with Gasteiger partial charge in [-0.3, -0.25) is 9.78 Å². The summed E-state index contributed by atoms with van der Waals surface area (Å²) in [6.45, 7) is 4.08. The molecule has 0 fully saturated rings. The Kier molecular flexibility index (Phi) is 3.45. The molecule has 1 aromatic rings. The lowest BCUT2D eigenvalue weighted by atomic mass is 10.2. The van der Waals surface area contributed by atoms with Crippen LogP contribution >= 0.6 is 0 Å². The molecule has 3 N–H and O–H groups in total. The van der Waals surface area contributed by atoms with Crippen LogP contribution in [0.15, 0.2) is 18.3 Å². The van der Waals surface area contributed by atoms with Gasteiger partial charge < -0.3 is 11.1 Å². The van der Waals surface area contributed by atoms with Crippen molar-refractivity contribution in [2.24, 2.45) is 5.92 Å². The summed E-state index contributed by atoms with van der Waals surface area (Å²) in [5.74, 6) is -0.00464. The lowest BCUT2D eigenvalue weighted by Crippen LogP contribution is -2.27. The van der Waals surface area contributed by atoms with Gasteiger partial charge in [0.25, 0.3) is 0 Å². The van der Waals surface area contributed by atoms with E-state index in [0.717, 1.165) is 0 Å². The van der Waals surface area contributed by atoms with Gasteiger partial charge in [0.2, 0.25) is 5.91 Å². The Morgan fingerprint density at radius 1 is 1.64 bits per heavy atom. The van der Waals surface area contributed by atoms with E-state index >= 15 is 0 Å². The molecule has 0 aliphatic heterocycles. The van der Waals surface area contributed by atoms with Crippen molar-refractivity contribution < 1.29 is 4.79 Å². The zero-order chi connectivity index (χ0) is 10.6. The number of nitrogen functional groups attached to an aromatic ring is 1. The van der Waals surface area contributed by atoms with E-state index in [2.05, 4.69) is 10.3 Å². The molecule has 4 nitrogen and oxygen atoms in total. The minimum absolute atomic E-state index is 0.00931. The maximum absolute atomic E-state index is 11.2. The van der Waals surface area contributed by atoms with Crippen LogP contribution in [-0.4, -0.2) is 10.9 Å². The van der Waals surface area contributed by atoms with Gasteiger partial charge in [-0.25, -0.2) is 0 Å². The second kappa shape index (κ2) is 4.60. The first kappa shape index (κ1) is 10.5. The summed E-state index contributed by atoms with van der Waals surface area (Å²) < 4.78 is 0. The van der Waals surface area contributed by atoms with Gasteiger partial charge in [-0.1, -0.05) is 13.8 Å². The molecule has 0 aliphatic carbocycles. The molecule has 14 heavy (non-hydrogen) atoms. The fraction of sp³-hybridized carbons (Fsp3) is 0.400. The topological polar surface area (TPSA) is 68.0 Å². The monoisotopic (exact) mass is 193 g/mol. The first-order valence-electron chi connectivity index (χ1n) is 4.58. The van der Waals surface area contributed by atoms with Gasteiger partial charge in [0.15, 0.2) is 0 Å². The van der Waals surface area contributed by atoms with E-state index < -0.39 is 0 Å². The largest absolute Gasteiger partial charge is 0.397 e. The molecule has 1 rings (SSSR count). The molecule has 1 heterocycles. The van der Waals surface area contributed by atoms with E-state index in [1.54, 1.807) is 18.3 Å². The molecule has 1 aromatic heterocycles. The quantitative estimate of drug-likeness (QED) is 0.750. The SMILES string of the molecule is CC(C)C(=O)NCc1ncccc1N. The summed E-state index contributed by atoms with van der Waals surface area (Å²) in [4.78, 5) is 15.3. The number of rotatable bonds is 3. The third-order valence-corrected chi connectivity index (χ3v) is 1.88. The Hall–Kier alpha value is -1.58. The molecule has 0 atom stereocenters. The second-order valence-corrected chi connectivity index (χ2v) is 3.41. The lowest BCUT2D eigenvalue weighted by molar-refractivity contribution is -0.124. The third kappa shape index (κ3) is 2.73. The van der Waals surface area contributed by atoms with Crippen LogP contribution in [0.2, 0.25) is 0 Å². The Morgan fingerprint density at radius 3 is 2.93 bits per heavy atom. The van der Waals surface area contributed by atoms with Crippen LogP contribution in [0.25, 0.3) is 0 Å². The molecular formula is C10H15N3O. The van der Waals surface area contributed by atoms with Gasteiger partial charge in [-0.15, -0.1) is 0 Å². The number of nitrogens with zero attached hydrogens (tertiary/aromatic N) is 1. The maximum Gasteiger partial charge on any atom is 0.222 e. The fourth-order valence-corrected chi connectivity index (χ4v) is 0.973. The van der Waals surface area contributed by atoms with Crippen molar-refractivity contribution in [1.29, 1.82) is 0 Å². The van der Waals surface area contributed by atoms with E-state index in [1.165, 1.54) is 0 Å². The highest BCUT2D eigenvalue weighted by atomic mass is 16.1. The van der Waals surface area contributed by atoms with Crippen LogP contribution in [0.5, 0.6) is 0 Å².